The fourth-order valence-electron chi connectivity index (χ4n) is 5.57. The number of aryl methyl sites for hydroxylation is 1. The van der Waals surface area contributed by atoms with Gasteiger partial charge in [0.1, 0.15) is 0 Å². The summed E-state index contributed by atoms with van der Waals surface area (Å²) in [6.45, 7) is 8.15. The van der Waals surface area contributed by atoms with Gasteiger partial charge in [-0.05, 0) is 76.8 Å². The highest BCUT2D eigenvalue weighted by molar-refractivity contribution is 7.20. The third-order valence-electron chi connectivity index (χ3n) is 7.50. The second-order valence-corrected chi connectivity index (χ2v) is 11.0. The van der Waals surface area contributed by atoms with Crippen LogP contribution in [0, 0.1) is 11.8 Å². The van der Waals surface area contributed by atoms with E-state index in [2.05, 4.69) is 27.1 Å². The molecule has 180 valence electrons. The van der Waals surface area contributed by atoms with E-state index >= 15 is 0 Å². The molecule has 1 amide bonds. The number of carbonyl (C=O) groups is 1. The van der Waals surface area contributed by atoms with E-state index in [0.29, 0.717) is 4.96 Å². The fraction of sp³-hybridized carbons (Fsp3) is 0.750. The maximum atomic E-state index is 12.8. The van der Waals surface area contributed by atoms with E-state index in [1.54, 1.807) is 0 Å². The highest BCUT2D eigenvalue weighted by Crippen LogP contribution is 2.28. The minimum Gasteiger partial charge on any atom is -0.356 e. The number of likely N-dealkylation sites (tertiary alicyclic amines) is 1. The Morgan fingerprint density at radius 2 is 1.94 bits per heavy atom. The minimum atomic E-state index is 0.00507. The molecule has 0 bridgehead atoms. The molecule has 2 fully saturated rings. The Hall–Kier alpha value is -2.00. The van der Waals surface area contributed by atoms with E-state index in [-0.39, 0.29) is 17.4 Å². The molecule has 0 spiro atoms. The van der Waals surface area contributed by atoms with Crippen molar-refractivity contribution in [1.82, 2.24) is 24.8 Å². The quantitative estimate of drug-likeness (QED) is 0.651. The van der Waals surface area contributed by atoms with Crippen molar-refractivity contribution in [3.8, 4) is 0 Å². The van der Waals surface area contributed by atoms with Gasteiger partial charge >= 0.3 is 0 Å². The lowest BCUT2D eigenvalue weighted by Gasteiger charge is -2.31. The number of piperidine rings is 2. The summed E-state index contributed by atoms with van der Waals surface area (Å²) < 4.78 is 1.49. The Morgan fingerprint density at radius 3 is 2.76 bits per heavy atom. The first-order valence-corrected chi connectivity index (χ1v) is 13.6. The van der Waals surface area contributed by atoms with Gasteiger partial charge in [-0.25, -0.2) is 4.98 Å². The number of anilines is 1. The van der Waals surface area contributed by atoms with Gasteiger partial charge in [-0.1, -0.05) is 18.3 Å². The number of carbonyl (C=O) groups excluding carboxylic acids is 1. The third kappa shape index (κ3) is 5.09. The molecule has 2 aliphatic heterocycles. The van der Waals surface area contributed by atoms with Crippen molar-refractivity contribution in [2.45, 2.75) is 64.7 Å². The largest absolute Gasteiger partial charge is 0.356 e. The van der Waals surface area contributed by atoms with Gasteiger partial charge in [0.15, 0.2) is 0 Å². The van der Waals surface area contributed by atoms with Crippen LogP contribution in [0.2, 0.25) is 0 Å². The zero-order valence-electron chi connectivity index (χ0n) is 19.7. The molecule has 3 aliphatic rings. The smallest absolute Gasteiger partial charge is 0.278 e. The van der Waals surface area contributed by atoms with Gasteiger partial charge in [-0.15, -0.1) is 5.10 Å². The zero-order chi connectivity index (χ0) is 22.8. The highest BCUT2D eigenvalue weighted by Gasteiger charge is 2.27. The molecule has 0 saturated carbocycles. The molecular formula is C24H36N6O2S. The van der Waals surface area contributed by atoms with Gasteiger partial charge in [-0.2, -0.15) is 4.52 Å². The monoisotopic (exact) mass is 472 g/mol. The number of nitrogens with one attached hydrogen (secondary N) is 1. The van der Waals surface area contributed by atoms with Crippen LogP contribution in [0.25, 0.3) is 4.96 Å². The number of aromatic nitrogens is 3. The second kappa shape index (κ2) is 10.1. The number of rotatable bonds is 6. The average Bonchev–Trinajstić information content (AvgIpc) is 3.26. The summed E-state index contributed by atoms with van der Waals surface area (Å²) in [6.07, 6.45) is 9.18. The Bertz CT molecular complexity index is 1040. The van der Waals surface area contributed by atoms with Gasteiger partial charge in [0.05, 0.1) is 5.69 Å². The SMILES string of the molecule is C[C@@H]1CCCN(CCCNC(=O)C2CCN(c3nn4c(=O)c5c(nc4s3)CCCC5)CC2)C1. The number of amides is 1. The molecule has 1 atom stereocenters. The van der Waals surface area contributed by atoms with E-state index in [0.717, 1.165) is 93.4 Å². The minimum absolute atomic E-state index is 0.00507. The molecule has 8 nitrogen and oxygen atoms in total. The highest BCUT2D eigenvalue weighted by atomic mass is 32.1. The molecule has 2 aromatic rings. The lowest BCUT2D eigenvalue weighted by molar-refractivity contribution is -0.125. The number of hydrogen-bond donors (Lipinski definition) is 1. The Kier molecular flexibility index (Phi) is 6.97. The second-order valence-electron chi connectivity index (χ2n) is 10.1. The van der Waals surface area contributed by atoms with Crippen LogP contribution < -0.4 is 15.8 Å². The van der Waals surface area contributed by atoms with Crippen molar-refractivity contribution >= 4 is 27.3 Å². The lowest BCUT2D eigenvalue weighted by atomic mass is 9.96. The Morgan fingerprint density at radius 1 is 1.12 bits per heavy atom. The maximum Gasteiger partial charge on any atom is 0.278 e. The van der Waals surface area contributed by atoms with Crippen LogP contribution in [-0.2, 0) is 17.6 Å². The van der Waals surface area contributed by atoms with Crippen molar-refractivity contribution in [2.75, 3.05) is 44.2 Å². The maximum absolute atomic E-state index is 12.8. The zero-order valence-corrected chi connectivity index (χ0v) is 20.5. The van der Waals surface area contributed by atoms with Crippen molar-refractivity contribution in [3.63, 3.8) is 0 Å². The fourth-order valence-corrected chi connectivity index (χ4v) is 6.54. The molecule has 0 unspecified atom stereocenters. The molecule has 0 aromatic carbocycles. The van der Waals surface area contributed by atoms with E-state index in [1.165, 1.54) is 41.8 Å². The summed E-state index contributed by atoms with van der Waals surface area (Å²) in [7, 11) is 0. The standard InChI is InChI=1S/C24H36N6O2S/c1-17-6-4-12-28(16-17)13-5-11-25-21(31)18-9-14-29(15-10-18)24-27-30-22(32)19-7-2-3-8-20(19)26-23(30)33-24/h17-18H,2-16H2,1H3,(H,25,31)/t17-/m1/s1. The third-order valence-corrected chi connectivity index (χ3v) is 8.47. The number of nitrogens with zero attached hydrogens (tertiary/aromatic N) is 5. The first-order valence-electron chi connectivity index (χ1n) is 12.7. The summed E-state index contributed by atoms with van der Waals surface area (Å²) in [4.78, 5) is 35.7. The van der Waals surface area contributed by atoms with E-state index in [1.807, 2.05) is 0 Å². The molecule has 5 rings (SSSR count). The molecular weight excluding hydrogens is 436 g/mol. The van der Waals surface area contributed by atoms with Crippen LogP contribution >= 0.6 is 11.3 Å². The summed E-state index contributed by atoms with van der Waals surface area (Å²) in [5, 5.41) is 8.61. The first-order chi connectivity index (χ1) is 16.1. The average molecular weight is 473 g/mol. The Balaban J connectivity index is 1.11. The normalized spacial score (nSPS) is 22.5. The van der Waals surface area contributed by atoms with Crippen LogP contribution in [0.1, 0.15) is 63.1 Å². The summed E-state index contributed by atoms with van der Waals surface area (Å²) in [5.74, 6) is 1.06. The molecule has 2 saturated heterocycles. The predicted octanol–water partition coefficient (Wildman–Crippen LogP) is 2.48. The van der Waals surface area contributed by atoms with Crippen LogP contribution in [0.3, 0.4) is 0 Å². The first kappa shape index (κ1) is 22.8. The molecule has 33 heavy (non-hydrogen) atoms. The van der Waals surface area contributed by atoms with Crippen molar-refractivity contribution in [1.29, 1.82) is 0 Å². The van der Waals surface area contributed by atoms with E-state index < -0.39 is 0 Å². The molecule has 1 N–H and O–H groups in total. The predicted molar refractivity (Wildman–Crippen MR) is 131 cm³/mol. The molecule has 0 radical (unpaired) electrons. The van der Waals surface area contributed by atoms with Gasteiger partial charge < -0.3 is 15.1 Å². The van der Waals surface area contributed by atoms with E-state index in [4.69, 9.17) is 4.98 Å². The van der Waals surface area contributed by atoms with Crippen LogP contribution in [0.15, 0.2) is 4.79 Å². The van der Waals surface area contributed by atoms with Crippen LogP contribution in [0.5, 0.6) is 0 Å². The lowest BCUT2D eigenvalue weighted by Crippen LogP contribution is -2.41. The van der Waals surface area contributed by atoms with Crippen LogP contribution in [-0.4, -0.2) is 64.7 Å². The summed E-state index contributed by atoms with van der Waals surface area (Å²) in [5.41, 5.74) is 1.82. The topological polar surface area (TPSA) is 82.8 Å². The number of fused-ring (bicyclic) bond motifs is 2. The summed E-state index contributed by atoms with van der Waals surface area (Å²) in [6, 6.07) is 0. The van der Waals surface area contributed by atoms with Crippen molar-refractivity contribution in [3.05, 3.63) is 21.6 Å². The molecule has 1 aliphatic carbocycles. The number of hydrogen-bond acceptors (Lipinski definition) is 7. The molecule has 2 aromatic heterocycles. The Labute approximate surface area is 199 Å². The van der Waals surface area contributed by atoms with E-state index in [9.17, 15) is 9.59 Å². The van der Waals surface area contributed by atoms with Crippen LogP contribution in [0.4, 0.5) is 5.13 Å². The van der Waals surface area contributed by atoms with Crippen molar-refractivity contribution in [2.24, 2.45) is 11.8 Å². The van der Waals surface area contributed by atoms with Crippen molar-refractivity contribution < 1.29 is 4.79 Å². The van der Waals surface area contributed by atoms with Gasteiger partial charge in [0.25, 0.3) is 5.56 Å². The molecule has 9 heteroatoms. The van der Waals surface area contributed by atoms with Gasteiger partial charge in [0, 0.05) is 37.7 Å². The van der Waals surface area contributed by atoms with Gasteiger partial charge in [0.2, 0.25) is 16.0 Å². The summed E-state index contributed by atoms with van der Waals surface area (Å²) >= 11 is 1.49. The molecule has 4 heterocycles. The van der Waals surface area contributed by atoms with Gasteiger partial charge in [-0.3, -0.25) is 9.59 Å².